The molecule has 78 valence electrons. The Hall–Kier alpha value is -0.0831. The minimum Gasteiger partial charge on any atom is -0.416 e. The molecule has 0 bridgehead atoms. The number of hydrogen-bond acceptors (Lipinski definition) is 1. The van der Waals surface area contributed by atoms with Crippen LogP contribution in [0.3, 0.4) is 0 Å². The Kier molecular flexibility index (Phi) is 4.93. The van der Waals surface area contributed by atoms with Crippen molar-refractivity contribution in [1.29, 1.82) is 0 Å². The smallest absolute Gasteiger partial charge is 0.218 e. The lowest BCUT2D eigenvalue weighted by molar-refractivity contribution is 0.378. The average molecular weight is 200 g/mol. The van der Waals surface area contributed by atoms with Gasteiger partial charge in [-0.3, -0.25) is 0 Å². The first-order chi connectivity index (χ1) is 5.87. The molecule has 0 aliphatic rings. The van der Waals surface area contributed by atoms with Crippen molar-refractivity contribution in [3.05, 3.63) is 11.8 Å². The molecule has 1 atom stereocenters. The van der Waals surface area contributed by atoms with Crippen molar-refractivity contribution in [3.63, 3.8) is 0 Å². The standard InChI is InChI=1S/C11H24OSi/c1-7-8-9-10-13(6,12-5)11(2,3)4/h9-10H,7-8H2,1-6H3/b10-9+. The summed E-state index contributed by atoms with van der Waals surface area (Å²) in [5.41, 5.74) is 2.33. The van der Waals surface area contributed by atoms with Gasteiger partial charge in [0.25, 0.3) is 0 Å². The second-order valence-corrected chi connectivity index (χ2v) is 9.21. The Bertz CT molecular complexity index is 169. The second kappa shape index (κ2) is 4.96. The lowest BCUT2D eigenvalue weighted by atomic mass is 10.2. The summed E-state index contributed by atoms with van der Waals surface area (Å²) in [7, 11) is 0.198. The summed E-state index contributed by atoms with van der Waals surface area (Å²) in [6.45, 7) is 11.3. The molecule has 0 saturated carbocycles. The van der Waals surface area contributed by atoms with Crippen molar-refractivity contribution in [2.45, 2.75) is 52.1 Å². The van der Waals surface area contributed by atoms with Gasteiger partial charge in [-0.05, 0) is 18.0 Å². The molecule has 0 spiro atoms. The van der Waals surface area contributed by atoms with Gasteiger partial charge in [0.05, 0.1) is 0 Å². The Morgan fingerprint density at radius 3 is 2.15 bits per heavy atom. The number of rotatable bonds is 4. The van der Waals surface area contributed by atoms with Crippen molar-refractivity contribution in [2.75, 3.05) is 7.11 Å². The molecule has 0 fully saturated rings. The first-order valence-corrected chi connectivity index (χ1v) is 7.59. The van der Waals surface area contributed by atoms with Crippen LogP contribution in [0.1, 0.15) is 40.5 Å². The van der Waals surface area contributed by atoms with Gasteiger partial charge in [0.15, 0.2) is 0 Å². The van der Waals surface area contributed by atoms with E-state index in [1.165, 1.54) is 12.8 Å². The zero-order valence-electron chi connectivity index (χ0n) is 9.98. The van der Waals surface area contributed by atoms with Crippen LogP contribution in [0.5, 0.6) is 0 Å². The van der Waals surface area contributed by atoms with Crippen LogP contribution >= 0.6 is 0 Å². The highest BCUT2D eigenvalue weighted by atomic mass is 28.4. The highest BCUT2D eigenvalue weighted by Gasteiger charge is 2.38. The van der Waals surface area contributed by atoms with Gasteiger partial charge in [-0.15, -0.1) is 0 Å². The summed E-state index contributed by atoms with van der Waals surface area (Å²) in [5.74, 6) is 0. The summed E-state index contributed by atoms with van der Waals surface area (Å²) in [6, 6.07) is 0. The molecule has 0 heterocycles. The van der Waals surface area contributed by atoms with Gasteiger partial charge in [0, 0.05) is 7.11 Å². The molecule has 2 heteroatoms. The second-order valence-electron chi connectivity index (χ2n) is 4.75. The van der Waals surface area contributed by atoms with Crippen LogP contribution < -0.4 is 0 Å². The van der Waals surface area contributed by atoms with Crippen molar-refractivity contribution in [1.82, 2.24) is 0 Å². The fourth-order valence-corrected chi connectivity index (χ4v) is 2.96. The normalized spacial score (nSPS) is 17.7. The Morgan fingerprint density at radius 2 is 1.85 bits per heavy atom. The average Bonchev–Trinajstić information content (AvgIpc) is 2.02. The molecule has 0 aliphatic heterocycles. The SMILES string of the molecule is CCC/C=C/[Si](C)(OC)C(C)(C)C. The largest absolute Gasteiger partial charge is 0.416 e. The predicted molar refractivity (Wildman–Crippen MR) is 62.4 cm³/mol. The first-order valence-electron chi connectivity index (χ1n) is 5.10. The Balaban J connectivity index is 4.46. The van der Waals surface area contributed by atoms with Crippen LogP contribution in [0.2, 0.25) is 11.6 Å². The summed E-state index contributed by atoms with van der Waals surface area (Å²) in [5, 5.41) is 0.284. The summed E-state index contributed by atoms with van der Waals surface area (Å²) in [6.07, 6.45) is 4.66. The topological polar surface area (TPSA) is 9.23 Å². The van der Waals surface area contributed by atoms with Crippen molar-refractivity contribution >= 4 is 8.32 Å². The van der Waals surface area contributed by atoms with Gasteiger partial charge in [0.2, 0.25) is 8.32 Å². The van der Waals surface area contributed by atoms with Gasteiger partial charge < -0.3 is 4.43 Å². The van der Waals surface area contributed by atoms with Gasteiger partial charge in [-0.25, -0.2) is 0 Å². The molecule has 13 heavy (non-hydrogen) atoms. The predicted octanol–water partition coefficient (Wildman–Crippen LogP) is 3.90. The van der Waals surface area contributed by atoms with E-state index in [4.69, 9.17) is 4.43 Å². The maximum absolute atomic E-state index is 5.70. The van der Waals surface area contributed by atoms with Crippen molar-refractivity contribution in [2.24, 2.45) is 0 Å². The molecule has 0 aromatic carbocycles. The summed E-state index contributed by atoms with van der Waals surface area (Å²) < 4.78 is 5.70. The molecular formula is C11H24OSi. The van der Waals surface area contributed by atoms with Crippen molar-refractivity contribution < 1.29 is 4.43 Å². The van der Waals surface area contributed by atoms with E-state index in [9.17, 15) is 0 Å². The minimum atomic E-state index is -1.64. The van der Waals surface area contributed by atoms with E-state index < -0.39 is 8.32 Å². The Labute approximate surface area is 84.3 Å². The fraction of sp³-hybridized carbons (Fsp3) is 0.818. The van der Waals surface area contributed by atoms with Gasteiger partial charge in [0.1, 0.15) is 0 Å². The van der Waals surface area contributed by atoms with Crippen LogP contribution in [0, 0.1) is 0 Å². The quantitative estimate of drug-likeness (QED) is 0.625. The van der Waals surface area contributed by atoms with E-state index in [0.29, 0.717) is 0 Å². The van der Waals surface area contributed by atoms with Crippen molar-refractivity contribution in [3.8, 4) is 0 Å². The van der Waals surface area contributed by atoms with Gasteiger partial charge in [-0.1, -0.05) is 45.9 Å². The molecule has 0 N–H and O–H groups in total. The molecule has 0 aliphatic carbocycles. The monoisotopic (exact) mass is 200 g/mol. The first kappa shape index (κ1) is 12.9. The minimum absolute atomic E-state index is 0.284. The lowest BCUT2D eigenvalue weighted by Crippen LogP contribution is -2.41. The van der Waals surface area contributed by atoms with Crippen LogP contribution in [0.25, 0.3) is 0 Å². The van der Waals surface area contributed by atoms with Gasteiger partial charge >= 0.3 is 0 Å². The van der Waals surface area contributed by atoms with Gasteiger partial charge in [-0.2, -0.15) is 0 Å². The summed E-state index contributed by atoms with van der Waals surface area (Å²) >= 11 is 0. The van der Waals surface area contributed by atoms with Crippen LogP contribution in [-0.4, -0.2) is 15.4 Å². The highest BCUT2D eigenvalue weighted by Crippen LogP contribution is 2.37. The van der Waals surface area contributed by atoms with E-state index in [0.717, 1.165) is 0 Å². The molecule has 0 aromatic heterocycles. The number of unbranched alkanes of at least 4 members (excludes halogenated alkanes) is 1. The zero-order chi connectivity index (χ0) is 10.5. The molecule has 0 amide bonds. The van der Waals surface area contributed by atoms with E-state index in [-0.39, 0.29) is 5.04 Å². The molecule has 0 aromatic rings. The highest BCUT2D eigenvalue weighted by molar-refractivity contribution is 6.80. The third-order valence-corrected chi connectivity index (χ3v) is 7.50. The van der Waals surface area contributed by atoms with E-state index in [2.05, 4.69) is 46.0 Å². The maximum atomic E-state index is 5.70. The third-order valence-electron chi connectivity index (χ3n) is 2.80. The lowest BCUT2D eigenvalue weighted by Gasteiger charge is -2.35. The van der Waals surface area contributed by atoms with Crippen LogP contribution in [0.4, 0.5) is 0 Å². The number of hydrogen-bond donors (Lipinski definition) is 0. The molecule has 0 rings (SSSR count). The fourth-order valence-electron chi connectivity index (χ4n) is 1.10. The van der Waals surface area contributed by atoms with E-state index >= 15 is 0 Å². The molecule has 0 radical (unpaired) electrons. The van der Waals surface area contributed by atoms with E-state index in [1.807, 2.05) is 7.11 Å². The van der Waals surface area contributed by atoms with E-state index in [1.54, 1.807) is 0 Å². The molecule has 0 saturated heterocycles. The maximum Gasteiger partial charge on any atom is 0.218 e. The van der Waals surface area contributed by atoms with Crippen LogP contribution in [-0.2, 0) is 4.43 Å². The molecule has 1 unspecified atom stereocenters. The Morgan fingerprint density at radius 1 is 1.31 bits per heavy atom. The van der Waals surface area contributed by atoms with Crippen LogP contribution in [0.15, 0.2) is 11.8 Å². The number of allylic oxidation sites excluding steroid dienone is 1. The third kappa shape index (κ3) is 3.65. The zero-order valence-corrected chi connectivity index (χ0v) is 11.0. The summed E-state index contributed by atoms with van der Waals surface area (Å²) in [4.78, 5) is 0. The molecular weight excluding hydrogens is 176 g/mol. The molecule has 1 nitrogen and oxygen atoms in total.